The number of amides is 3. The van der Waals surface area contributed by atoms with Crippen LogP contribution in [0.25, 0.3) is 11.6 Å². The molecule has 0 unspecified atom stereocenters. The Bertz CT molecular complexity index is 1580. The number of fused-ring (bicyclic) bond motifs is 1. The molecule has 1 aliphatic heterocycles. The second kappa shape index (κ2) is 10.3. The van der Waals surface area contributed by atoms with Gasteiger partial charge in [-0.25, -0.2) is 4.79 Å². The third kappa shape index (κ3) is 6.21. The van der Waals surface area contributed by atoms with Gasteiger partial charge in [0.25, 0.3) is 5.91 Å². The number of ether oxygens (including phenoxy) is 1. The molecule has 2 heterocycles. The zero-order valence-electron chi connectivity index (χ0n) is 20.4. The third-order valence-corrected chi connectivity index (χ3v) is 5.82. The molecule has 0 saturated carbocycles. The smallest absolute Gasteiger partial charge is 0.406 e. The first-order chi connectivity index (χ1) is 18.6. The minimum absolute atomic E-state index is 0.129. The Morgan fingerprint density at radius 3 is 2.44 bits per heavy atom. The van der Waals surface area contributed by atoms with E-state index < -0.39 is 18.1 Å². The third-order valence-electron chi connectivity index (χ3n) is 5.82. The van der Waals surface area contributed by atoms with Crippen molar-refractivity contribution in [3.63, 3.8) is 0 Å². The Morgan fingerprint density at radius 2 is 1.69 bits per heavy atom. The molecular formula is C28H22F3N5O3. The number of carbonyl (C=O) groups excluding carboxylic acids is 2. The fourth-order valence-corrected chi connectivity index (χ4v) is 4.06. The molecule has 198 valence electrons. The van der Waals surface area contributed by atoms with Gasteiger partial charge < -0.3 is 31.0 Å². The van der Waals surface area contributed by atoms with Crippen molar-refractivity contribution >= 4 is 52.0 Å². The van der Waals surface area contributed by atoms with Crippen LogP contribution in [0.1, 0.15) is 16.8 Å². The van der Waals surface area contributed by atoms with E-state index in [1.807, 2.05) is 43.3 Å². The number of rotatable bonds is 6. The fraction of sp³-hybridized carbons (Fsp3) is 0.0714. The molecule has 5 rings (SSSR count). The highest BCUT2D eigenvalue weighted by atomic mass is 19.4. The van der Waals surface area contributed by atoms with Crippen molar-refractivity contribution in [1.29, 1.82) is 0 Å². The average Bonchev–Trinajstić information content (AvgIpc) is 3.48. The van der Waals surface area contributed by atoms with Gasteiger partial charge in [-0.05, 0) is 67.1 Å². The molecule has 0 aliphatic carbocycles. The molecule has 3 amide bonds. The summed E-state index contributed by atoms with van der Waals surface area (Å²) in [6, 6.07) is 18.8. The first kappa shape index (κ1) is 25.5. The lowest BCUT2D eigenvalue weighted by Gasteiger charge is -2.14. The number of alkyl halides is 3. The number of carbonyl (C=O) groups is 2. The van der Waals surface area contributed by atoms with Gasteiger partial charge in [-0.3, -0.25) is 4.79 Å². The van der Waals surface area contributed by atoms with Crippen molar-refractivity contribution in [3.05, 3.63) is 95.8 Å². The van der Waals surface area contributed by atoms with Crippen LogP contribution >= 0.6 is 0 Å². The Kier molecular flexibility index (Phi) is 6.72. The maximum absolute atomic E-state index is 12.5. The quantitative estimate of drug-likeness (QED) is 0.170. The molecule has 8 nitrogen and oxygen atoms in total. The summed E-state index contributed by atoms with van der Waals surface area (Å²) in [5.41, 5.74) is 5.75. The number of H-pyrrole nitrogens is 1. The van der Waals surface area contributed by atoms with Gasteiger partial charge in [0.15, 0.2) is 0 Å². The van der Waals surface area contributed by atoms with Crippen molar-refractivity contribution in [3.8, 4) is 5.75 Å². The number of hydrogen-bond donors (Lipinski definition) is 5. The molecule has 0 saturated heterocycles. The summed E-state index contributed by atoms with van der Waals surface area (Å²) in [7, 11) is 0. The lowest BCUT2D eigenvalue weighted by atomic mass is 10.1. The van der Waals surface area contributed by atoms with Crippen molar-refractivity contribution in [2.75, 3.05) is 21.3 Å². The molecule has 0 bridgehead atoms. The first-order valence-corrected chi connectivity index (χ1v) is 11.8. The molecule has 0 fully saturated rings. The van der Waals surface area contributed by atoms with E-state index >= 15 is 0 Å². The van der Waals surface area contributed by atoms with Crippen LogP contribution in [-0.4, -0.2) is 23.3 Å². The standard InChI is InChI=1S/C28H22F3N5O3/c1-16-7-8-20(35-27(38)34-18-4-2-6-21(12-18)39-28(29,30)31)14-24(16)33-19-9-10-22-23(13-17-5-3-11-32-17)26(37)36-25(22)15-19/h2-15,32-33H,1H3,(H,36,37)(H2,34,35,38)/b23-13-. The number of aromatic amines is 1. The number of halogens is 3. The number of aryl methyl sites for hydroxylation is 1. The number of hydrogen-bond acceptors (Lipinski definition) is 4. The largest absolute Gasteiger partial charge is 0.573 e. The fourth-order valence-electron chi connectivity index (χ4n) is 4.06. The van der Waals surface area contributed by atoms with E-state index in [-0.39, 0.29) is 11.6 Å². The zero-order valence-corrected chi connectivity index (χ0v) is 20.4. The second-order valence-corrected chi connectivity index (χ2v) is 8.71. The van der Waals surface area contributed by atoms with Crippen LogP contribution in [0.5, 0.6) is 5.75 Å². The van der Waals surface area contributed by atoms with Gasteiger partial charge in [0.05, 0.1) is 11.3 Å². The zero-order chi connectivity index (χ0) is 27.6. The molecule has 0 spiro atoms. The molecule has 5 N–H and O–H groups in total. The van der Waals surface area contributed by atoms with Crippen LogP contribution in [0.4, 0.5) is 46.4 Å². The summed E-state index contributed by atoms with van der Waals surface area (Å²) >= 11 is 0. The molecule has 0 radical (unpaired) electrons. The predicted octanol–water partition coefficient (Wildman–Crippen LogP) is 7.10. The van der Waals surface area contributed by atoms with Crippen molar-refractivity contribution in [2.24, 2.45) is 0 Å². The second-order valence-electron chi connectivity index (χ2n) is 8.71. The molecule has 39 heavy (non-hydrogen) atoms. The van der Waals surface area contributed by atoms with Gasteiger partial charge in [-0.1, -0.05) is 18.2 Å². The lowest BCUT2D eigenvalue weighted by molar-refractivity contribution is -0.274. The summed E-state index contributed by atoms with van der Waals surface area (Å²) in [4.78, 5) is 28.1. The van der Waals surface area contributed by atoms with Crippen molar-refractivity contribution < 1.29 is 27.5 Å². The van der Waals surface area contributed by atoms with Gasteiger partial charge in [-0.15, -0.1) is 13.2 Å². The van der Waals surface area contributed by atoms with Gasteiger partial charge >= 0.3 is 12.4 Å². The number of urea groups is 1. The van der Waals surface area contributed by atoms with Crippen LogP contribution in [-0.2, 0) is 4.79 Å². The molecule has 4 aromatic rings. The van der Waals surface area contributed by atoms with Gasteiger partial charge in [-0.2, -0.15) is 0 Å². The minimum atomic E-state index is -4.84. The summed E-state index contributed by atoms with van der Waals surface area (Å²) < 4.78 is 41.3. The average molecular weight is 534 g/mol. The Labute approximate surface area is 220 Å². The molecule has 0 atom stereocenters. The van der Waals surface area contributed by atoms with E-state index in [1.54, 1.807) is 24.4 Å². The molecule has 3 aromatic carbocycles. The highest BCUT2D eigenvalue weighted by molar-refractivity contribution is 6.35. The molecule has 11 heteroatoms. The van der Waals surface area contributed by atoms with Crippen LogP contribution < -0.4 is 26.0 Å². The number of benzene rings is 3. The normalized spacial score (nSPS) is 13.5. The number of aromatic nitrogens is 1. The lowest BCUT2D eigenvalue weighted by Crippen LogP contribution is -2.20. The highest BCUT2D eigenvalue weighted by Gasteiger charge is 2.31. The van der Waals surface area contributed by atoms with Crippen LogP contribution in [0.3, 0.4) is 0 Å². The Balaban J connectivity index is 1.28. The van der Waals surface area contributed by atoms with Crippen molar-refractivity contribution in [2.45, 2.75) is 13.3 Å². The predicted molar refractivity (Wildman–Crippen MR) is 144 cm³/mol. The molecular weight excluding hydrogens is 511 g/mol. The van der Waals surface area contributed by atoms with E-state index in [4.69, 9.17) is 0 Å². The number of anilines is 5. The SMILES string of the molecule is Cc1ccc(NC(=O)Nc2cccc(OC(F)(F)F)c2)cc1Nc1ccc2c(c1)NC(=O)/C2=C\c1ccc[nH]1. The maximum atomic E-state index is 12.5. The van der Waals surface area contributed by atoms with E-state index in [1.165, 1.54) is 12.1 Å². The van der Waals surface area contributed by atoms with Gasteiger partial charge in [0.1, 0.15) is 5.75 Å². The van der Waals surface area contributed by atoms with Crippen LogP contribution in [0.15, 0.2) is 79.0 Å². The molecule has 1 aliphatic rings. The van der Waals surface area contributed by atoms with Gasteiger partial charge in [0.2, 0.25) is 0 Å². The Hall–Kier alpha value is -5.19. The van der Waals surface area contributed by atoms with Gasteiger partial charge in [0, 0.05) is 46.3 Å². The summed E-state index contributed by atoms with van der Waals surface area (Å²) in [5.74, 6) is -0.639. The van der Waals surface area contributed by atoms with Crippen LogP contribution in [0, 0.1) is 6.92 Å². The van der Waals surface area contributed by atoms with Crippen LogP contribution in [0.2, 0.25) is 0 Å². The minimum Gasteiger partial charge on any atom is -0.406 e. The monoisotopic (exact) mass is 533 g/mol. The highest BCUT2D eigenvalue weighted by Crippen LogP contribution is 2.36. The Morgan fingerprint density at radius 1 is 0.923 bits per heavy atom. The summed E-state index contributed by atoms with van der Waals surface area (Å²) in [5, 5.41) is 11.3. The van der Waals surface area contributed by atoms with E-state index in [0.717, 1.165) is 34.6 Å². The van der Waals surface area contributed by atoms with E-state index in [9.17, 15) is 22.8 Å². The summed E-state index contributed by atoms with van der Waals surface area (Å²) in [6.45, 7) is 1.89. The number of nitrogens with one attached hydrogen (secondary N) is 5. The first-order valence-electron chi connectivity index (χ1n) is 11.8. The maximum Gasteiger partial charge on any atom is 0.573 e. The van der Waals surface area contributed by atoms with Crippen molar-refractivity contribution in [1.82, 2.24) is 4.98 Å². The molecule has 1 aromatic heterocycles. The topological polar surface area (TPSA) is 107 Å². The van der Waals surface area contributed by atoms with E-state index in [2.05, 4.69) is 31.0 Å². The van der Waals surface area contributed by atoms with E-state index in [0.29, 0.717) is 22.6 Å². The summed E-state index contributed by atoms with van der Waals surface area (Å²) in [6.07, 6.45) is -1.26.